The maximum absolute atomic E-state index is 14.1. The average Bonchev–Trinajstić information content (AvgIpc) is 3.04. The Labute approximate surface area is 204 Å². The number of aliphatic imine (C=N–C) groups is 1. The molecule has 8 nitrogen and oxygen atoms in total. The van der Waals surface area contributed by atoms with Gasteiger partial charge in [0.15, 0.2) is 5.69 Å². The van der Waals surface area contributed by atoms with E-state index in [9.17, 15) is 22.4 Å². The molecule has 1 aliphatic heterocycles. The van der Waals surface area contributed by atoms with Crippen LogP contribution < -0.4 is 22.1 Å². The fraction of sp³-hybridized carbons (Fsp3) is 0.409. The van der Waals surface area contributed by atoms with E-state index in [1.807, 2.05) is 4.90 Å². The Hall–Kier alpha value is -3.19. The molecule has 1 aromatic heterocycles. The SMILES string of the molecule is CN=C(/C(=C\N)NC(=O)c1nc(-c2c(F)cccc2F)sc1N)N1CCC[C@@H](NCC(F)F)CC1. The van der Waals surface area contributed by atoms with Crippen molar-refractivity contribution < 1.29 is 22.4 Å². The average molecular weight is 514 g/mol. The summed E-state index contributed by atoms with van der Waals surface area (Å²) in [6.07, 6.45) is 0.810. The van der Waals surface area contributed by atoms with E-state index in [1.165, 1.54) is 12.3 Å². The van der Waals surface area contributed by atoms with Crippen LogP contribution in [0.4, 0.5) is 22.6 Å². The van der Waals surface area contributed by atoms with E-state index >= 15 is 0 Å². The third kappa shape index (κ3) is 6.48. The molecule has 3 rings (SSSR count). The van der Waals surface area contributed by atoms with Crippen LogP contribution in [0.2, 0.25) is 0 Å². The number of nitrogen functional groups attached to an aromatic ring is 1. The molecule has 13 heteroatoms. The highest BCUT2D eigenvalue weighted by atomic mass is 32.1. The maximum Gasteiger partial charge on any atom is 0.277 e. The molecule has 190 valence electrons. The van der Waals surface area contributed by atoms with Crippen LogP contribution in [0.25, 0.3) is 10.6 Å². The number of nitrogens with zero attached hydrogens (tertiary/aromatic N) is 3. The van der Waals surface area contributed by atoms with Crippen molar-refractivity contribution in [3.8, 4) is 10.6 Å². The van der Waals surface area contributed by atoms with E-state index in [4.69, 9.17) is 11.5 Å². The van der Waals surface area contributed by atoms with Gasteiger partial charge in [0.1, 0.15) is 27.5 Å². The smallest absolute Gasteiger partial charge is 0.277 e. The van der Waals surface area contributed by atoms with Crippen molar-refractivity contribution in [3.63, 3.8) is 0 Å². The Morgan fingerprint density at radius 3 is 2.66 bits per heavy atom. The number of rotatable bonds is 7. The monoisotopic (exact) mass is 513 g/mol. The number of carbonyl (C=O) groups excluding carboxylic acids is 1. The summed E-state index contributed by atoms with van der Waals surface area (Å²) >= 11 is 0.785. The highest BCUT2D eigenvalue weighted by Crippen LogP contribution is 2.33. The molecule has 35 heavy (non-hydrogen) atoms. The van der Waals surface area contributed by atoms with Crippen molar-refractivity contribution in [3.05, 3.63) is 47.4 Å². The molecule has 1 saturated heterocycles. The minimum atomic E-state index is -2.42. The summed E-state index contributed by atoms with van der Waals surface area (Å²) < 4.78 is 53.3. The number of nitrogens with two attached hydrogens (primary N) is 2. The van der Waals surface area contributed by atoms with Gasteiger partial charge in [-0.25, -0.2) is 22.5 Å². The number of hydrogen-bond donors (Lipinski definition) is 4. The summed E-state index contributed by atoms with van der Waals surface area (Å²) in [6, 6.07) is 3.34. The highest BCUT2D eigenvalue weighted by molar-refractivity contribution is 7.19. The van der Waals surface area contributed by atoms with Crippen molar-refractivity contribution in [2.75, 3.05) is 32.4 Å². The zero-order valence-electron chi connectivity index (χ0n) is 19.0. The van der Waals surface area contributed by atoms with Gasteiger partial charge in [-0.1, -0.05) is 17.4 Å². The fourth-order valence-corrected chi connectivity index (χ4v) is 4.73. The Morgan fingerprint density at radius 1 is 1.31 bits per heavy atom. The van der Waals surface area contributed by atoms with Crippen LogP contribution in [0.15, 0.2) is 35.1 Å². The number of amidine groups is 1. The normalized spacial score (nSPS) is 17.5. The van der Waals surface area contributed by atoms with Gasteiger partial charge >= 0.3 is 0 Å². The number of alkyl halides is 2. The van der Waals surface area contributed by atoms with Gasteiger partial charge in [0, 0.05) is 32.4 Å². The molecule has 2 heterocycles. The lowest BCUT2D eigenvalue weighted by Crippen LogP contribution is -2.40. The number of nitrogens with one attached hydrogen (secondary N) is 2. The largest absolute Gasteiger partial charge is 0.403 e. The van der Waals surface area contributed by atoms with E-state index in [-0.39, 0.29) is 39.5 Å². The number of likely N-dealkylation sites (tertiary alicyclic amines) is 1. The van der Waals surface area contributed by atoms with E-state index < -0.39 is 24.0 Å². The van der Waals surface area contributed by atoms with Gasteiger partial charge in [0.2, 0.25) is 0 Å². The molecule has 1 aromatic carbocycles. The second-order valence-electron chi connectivity index (χ2n) is 7.82. The predicted molar refractivity (Wildman–Crippen MR) is 128 cm³/mol. The first kappa shape index (κ1) is 26.4. The van der Waals surface area contributed by atoms with Gasteiger partial charge in [0.05, 0.1) is 17.8 Å². The molecular weight excluding hydrogens is 486 g/mol. The predicted octanol–water partition coefficient (Wildman–Crippen LogP) is 2.94. The topological polar surface area (TPSA) is 122 Å². The molecule has 0 aliphatic carbocycles. The molecule has 0 bridgehead atoms. The second kappa shape index (κ2) is 12.0. The summed E-state index contributed by atoms with van der Waals surface area (Å²) in [5, 5.41) is 5.40. The van der Waals surface area contributed by atoms with Crippen molar-refractivity contribution in [2.45, 2.75) is 31.7 Å². The first-order chi connectivity index (χ1) is 16.7. The molecule has 1 amide bonds. The molecule has 6 N–H and O–H groups in total. The summed E-state index contributed by atoms with van der Waals surface area (Å²) in [7, 11) is 1.54. The summed E-state index contributed by atoms with van der Waals surface area (Å²) in [6.45, 7) is 0.732. The minimum absolute atomic E-state index is 0.0192. The second-order valence-corrected chi connectivity index (χ2v) is 8.86. The van der Waals surface area contributed by atoms with Crippen LogP contribution in [-0.2, 0) is 0 Å². The first-order valence-corrected chi connectivity index (χ1v) is 11.7. The van der Waals surface area contributed by atoms with Crippen LogP contribution in [0.5, 0.6) is 0 Å². The number of amides is 1. The van der Waals surface area contributed by atoms with E-state index in [0.717, 1.165) is 36.3 Å². The zero-order chi connectivity index (χ0) is 25.5. The molecule has 1 atom stereocenters. The number of halogens is 4. The Morgan fingerprint density at radius 2 is 2.03 bits per heavy atom. The van der Waals surface area contributed by atoms with Gasteiger partial charge in [-0.05, 0) is 31.4 Å². The van der Waals surface area contributed by atoms with E-state index in [1.54, 1.807) is 7.05 Å². The van der Waals surface area contributed by atoms with Crippen LogP contribution in [0, 0.1) is 11.6 Å². The number of thiazole rings is 1. The molecule has 1 aliphatic rings. The molecule has 0 unspecified atom stereocenters. The summed E-state index contributed by atoms with van der Waals surface area (Å²) in [5.74, 6) is -1.96. The molecule has 1 fully saturated rings. The van der Waals surface area contributed by atoms with Gasteiger partial charge in [-0.15, -0.1) is 0 Å². The molecule has 0 spiro atoms. The molecular formula is C22H27F4N7OS. The standard InChI is InChI=1S/C22H27F4N7OS/c1-29-20(33-8-3-4-12(7-9-33)30-11-16(25)26)15(10-27)31-21(34)18-19(28)35-22(32-18)17-13(23)5-2-6-14(17)24/h2,5-6,10,12,16,30H,3-4,7-9,11,27-28H2,1H3,(H,31,34)/b15-10+,29-20?/t12-/m1/s1. The van der Waals surface area contributed by atoms with Crippen molar-refractivity contribution in [2.24, 2.45) is 10.7 Å². The number of benzene rings is 1. The van der Waals surface area contributed by atoms with Crippen LogP contribution in [0.1, 0.15) is 29.8 Å². The number of hydrogen-bond acceptors (Lipinski definition) is 7. The zero-order valence-corrected chi connectivity index (χ0v) is 19.8. The molecule has 0 saturated carbocycles. The van der Waals surface area contributed by atoms with Gasteiger partial charge in [-0.2, -0.15) is 0 Å². The minimum Gasteiger partial charge on any atom is -0.403 e. The quantitative estimate of drug-likeness (QED) is 0.257. The number of anilines is 1. The Kier molecular flexibility index (Phi) is 9.04. The molecule has 2 aromatic rings. The van der Waals surface area contributed by atoms with Crippen molar-refractivity contribution in [1.29, 1.82) is 0 Å². The summed E-state index contributed by atoms with van der Waals surface area (Å²) in [5.41, 5.74) is 11.3. The van der Waals surface area contributed by atoms with Crippen molar-refractivity contribution in [1.82, 2.24) is 20.5 Å². The van der Waals surface area contributed by atoms with Crippen LogP contribution in [-0.4, -0.2) is 60.8 Å². The van der Waals surface area contributed by atoms with E-state index in [2.05, 4.69) is 20.6 Å². The van der Waals surface area contributed by atoms with Crippen LogP contribution >= 0.6 is 11.3 Å². The van der Waals surface area contributed by atoms with Crippen molar-refractivity contribution >= 4 is 28.1 Å². The Bertz CT molecular complexity index is 1090. The van der Waals surface area contributed by atoms with E-state index in [0.29, 0.717) is 25.3 Å². The number of aromatic nitrogens is 1. The lowest BCUT2D eigenvalue weighted by atomic mass is 10.1. The number of carbonyl (C=O) groups is 1. The first-order valence-electron chi connectivity index (χ1n) is 10.9. The third-order valence-corrected chi connectivity index (χ3v) is 6.40. The third-order valence-electron chi connectivity index (χ3n) is 5.50. The lowest BCUT2D eigenvalue weighted by Gasteiger charge is -2.26. The van der Waals surface area contributed by atoms with Gasteiger partial charge in [0.25, 0.3) is 12.3 Å². The Balaban J connectivity index is 1.73. The summed E-state index contributed by atoms with van der Waals surface area (Å²) in [4.78, 5) is 23.2. The molecule has 0 radical (unpaired) electrons. The maximum atomic E-state index is 14.1. The lowest BCUT2D eigenvalue weighted by molar-refractivity contribution is 0.0963. The van der Waals surface area contributed by atoms with Gasteiger partial charge < -0.3 is 27.0 Å². The van der Waals surface area contributed by atoms with Gasteiger partial charge in [-0.3, -0.25) is 9.79 Å². The highest BCUT2D eigenvalue weighted by Gasteiger charge is 2.25. The fourth-order valence-electron chi connectivity index (χ4n) is 3.86. The van der Waals surface area contributed by atoms with Crippen LogP contribution in [0.3, 0.4) is 0 Å².